The number of rotatable bonds is 4. The van der Waals surface area contributed by atoms with Gasteiger partial charge in [-0.25, -0.2) is 4.98 Å². The summed E-state index contributed by atoms with van der Waals surface area (Å²) in [5, 5.41) is 4.09. The molecule has 0 fully saturated rings. The third-order valence-corrected chi connectivity index (χ3v) is 3.06. The number of hydrogen-bond donors (Lipinski definition) is 1. The second-order valence-electron chi connectivity index (χ2n) is 5.16. The zero-order valence-electron chi connectivity index (χ0n) is 11.3. The van der Waals surface area contributed by atoms with Crippen molar-refractivity contribution in [3.05, 3.63) is 24.4 Å². The Bertz CT molecular complexity index is 513. The van der Waals surface area contributed by atoms with Crippen molar-refractivity contribution in [3.63, 3.8) is 0 Å². The lowest BCUT2D eigenvalue weighted by molar-refractivity contribution is 0.333. The number of nitrogens with zero attached hydrogens (tertiary/aromatic N) is 3. The van der Waals surface area contributed by atoms with E-state index in [4.69, 9.17) is 10.3 Å². The molecule has 0 aliphatic heterocycles. The Balaban J connectivity index is 2.32. The molecule has 0 aliphatic carbocycles. The van der Waals surface area contributed by atoms with Crippen LogP contribution in [0.2, 0.25) is 0 Å². The second-order valence-corrected chi connectivity index (χ2v) is 5.16. The molecule has 0 amide bonds. The molecule has 0 bridgehead atoms. The highest BCUT2D eigenvalue weighted by Gasteiger charge is 2.18. The molecule has 1 unspecified atom stereocenters. The summed E-state index contributed by atoms with van der Waals surface area (Å²) in [5.74, 6) is 1.04. The van der Waals surface area contributed by atoms with Gasteiger partial charge in [0.15, 0.2) is 5.76 Å². The van der Waals surface area contributed by atoms with Crippen molar-refractivity contribution in [1.82, 2.24) is 14.7 Å². The zero-order chi connectivity index (χ0) is 13.3. The van der Waals surface area contributed by atoms with Crippen LogP contribution in [0.1, 0.15) is 45.5 Å². The van der Waals surface area contributed by atoms with Crippen molar-refractivity contribution in [2.75, 3.05) is 0 Å². The van der Waals surface area contributed by atoms with Gasteiger partial charge in [-0.1, -0.05) is 19.0 Å². The summed E-state index contributed by atoms with van der Waals surface area (Å²) in [7, 11) is 0. The number of hydrogen-bond acceptors (Lipinski definition) is 4. The molecule has 0 aromatic carbocycles. The highest BCUT2D eigenvalue weighted by molar-refractivity contribution is 5.53. The number of aromatic nitrogens is 3. The Labute approximate surface area is 107 Å². The number of imidazole rings is 1. The average molecular weight is 248 g/mol. The first-order valence-electron chi connectivity index (χ1n) is 6.25. The second kappa shape index (κ2) is 4.94. The van der Waals surface area contributed by atoms with Crippen LogP contribution in [-0.2, 0) is 0 Å². The van der Waals surface area contributed by atoms with Gasteiger partial charge in [0.1, 0.15) is 5.69 Å². The largest absolute Gasteiger partial charge is 0.359 e. The predicted octanol–water partition coefficient (Wildman–Crippen LogP) is 2.77. The van der Waals surface area contributed by atoms with Crippen LogP contribution in [0.15, 0.2) is 23.1 Å². The molecule has 2 heterocycles. The molecule has 2 rings (SSSR count). The lowest BCUT2D eigenvalue weighted by Gasteiger charge is -2.10. The highest BCUT2D eigenvalue weighted by atomic mass is 16.5. The van der Waals surface area contributed by atoms with E-state index in [9.17, 15) is 0 Å². The van der Waals surface area contributed by atoms with E-state index in [-0.39, 0.29) is 6.04 Å². The molecule has 0 spiro atoms. The van der Waals surface area contributed by atoms with E-state index in [0.29, 0.717) is 12.0 Å². The summed E-state index contributed by atoms with van der Waals surface area (Å²) < 4.78 is 7.39. The molecule has 2 N–H and O–H groups in total. The molecule has 2 aromatic rings. The maximum atomic E-state index is 6.05. The van der Waals surface area contributed by atoms with Crippen molar-refractivity contribution in [2.45, 2.75) is 39.8 Å². The van der Waals surface area contributed by atoms with Gasteiger partial charge >= 0.3 is 0 Å². The molecule has 5 nitrogen and oxygen atoms in total. The molecular formula is C13H20N4O. The Morgan fingerprint density at radius 1 is 1.28 bits per heavy atom. The average Bonchev–Trinajstić information content (AvgIpc) is 2.95. The van der Waals surface area contributed by atoms with Crippen molar-refractivity contribution in [3.8, 4) is 11.4 Å². The highest BCUT2D eigenvalue weighted by Crippen LogP contribution is 2.26. The Kier molecular flexibility index (Phi) is 3.52. The molecule has 18 heavy (non-hydrogen) atoms. The maximum absolute atomic E-state index is 6.05. The monoisotopic (exact) mass is 248 g/mol. The van der Waals surface area contributed by atoms with Crippen LogP contribution in [-0.4, -0.2) is 14.7 Å². The zero-order valence-corrected chi connectivity index (χ0v) is 11.3. The van der Waals surface area contributed by atoms with Crippen LogP contribution in [0.4, 0.5) is 0 Å². The van der Waals surface area contributed by atoms with E-state index in [1.807, 2.05) is 6.07 Å². The Morgan fingerprint density at radius 3 is 2.61 bits per heavy atom. The van der Waals surface area contributed by atoms with Crippen LogP contribution < -0.4 is 5.73 Å². The van der Waals surface area contributed by atoms with E-state index in [1.54, 1.807) is 12.5 Å². The minimum absolute atomic E-state index is 0.123. The molecule has 0 saturated carbocycles. The summed E-state index contributed by atoms with van der Waals surface area (Å²) >= 11 is 0. The van der Waals surface area contributed by atoms with Gasteiger partial charge in [-0.15, -0.1) is 0 Å². The van der Waals surface area contributed by atoms with Gasteiger partial charge in [0, 0.05) is 12.1 Å². The van der Waals surface area contributed by atoms with E-state index < -0.39 is 0 Å². The van der Waals surface area contributed by atoms with Crippen molar-refractivity contribution >= 4 is 0 Å². The normalized spacial score (nSPS) is 13.5. The van der Waals surface area contributed by atoms with Crippen LogP contribution >= 0.6 is 0 Å². The minimum Gasteiger partial charge on any atom is -0.359 e. The Morgan fingerprint density at radius 2 is 2.00 bits per heavy atom. The SMILES string of the molecule is CC(C)C(N)c1cc(-c2cncn2C(C)C)no1. The number of nitrogens with two attached hydrogens (primary N) is 1. The van der Waals surface area contributed by atoms with Gasteiger partial charge in [-0.05, 0) is 19.8 Å². The molecular weight excluding hydrogens is 228 g/mol. The van der Waals surface area contributed by atoms with Gasteiger partial charge < -0.3 is 14.8 Å². The summed E-state index contributed by atoms with van der Waals surface area (Å²) in [5.41, 5.74) is 7.79. The van der Waals surface area contributed by atoms with Gasteiger partial charge in [0.05, 0.1) is 24.3 Å². The minimum atomic E-state index is -0.123. The first kappa shape index (κ1) is 12.8. The van der Waals surface area contributed by atoms with Crippen molar-refractivity contribution in [1.29, 1.82) is 0 Å². The molecule has 0 radical (unpaired) electrons. The topological polar surface area (TPSA) is 69.9 Å². The third-order valence-electron chi connectivity index (χ3n) is 3.06. The fourth-order valence-electron chi connectivity index (χ4n) is 1.81. The van der Waals surface area contributed by atoms with E-state index in [0.717, 1.165) is 17.1 Å². The van der Waals surface area contributed by atoms with Gasteiger partial charge in [-0.3, -0.25) is 0 Å². The summed E-state index contributed by atoms with van der Waals surface area (Å²) in [4.78, 5) is 4.16. The van der Waals surface area contributed by atoms with Crippen LogP contribution in [0.3, 0.4) is 0 Å². The van der Waals surface area contributed by atoms with Gasteiger partial charge in [0.2, 0.25) is 0 Å². The van der Waals surface area contributed by atoms with Crippen LogP contribution in [0.5, 0.6) is 0 Å². The predicted molar refractivity (Wildman–Crippen MR) is 69.9 cm³/mol. The fourth-order valence-corrected chi connectivity index (χ4v) is 1.81. The summed E-state index contributed by atoms with van der Waals surface area (Å²) in [6.07, 6.45) is 3.60. The lowest BCUT2D eigenvalue weighted by Crippen LogP contribution is -2.15. The lowest BCUT2D eigenvalue weighted by atomic mass is 10.0. The molecule has 5 heteroatoms. The van der Waals surface area contributed by atoms with E-state index in [2.05, 4.69) is 42.4 Å². The molecule has 1 atom stereocenters. The first-order chi connectivity index (χ1) is 8.50. The van der Waals surface area contributed by atoms with E-state index >= 15 is 0 Å². The maximum Gasteiger partial charge on any atom is 0.154 e. The van der Waals surface area contributed by atoms with Gasteiger partial charge in [-0.2, -0.15) is 0 Å². The standard InChI is InChI=1S/C13H20N4O/c1-8(2)13(14)12-5-10(16-18-12)11-6-15-7-17(11)9(3)4/h5-9,13H,14H2,1-4H3. The quantitative estimate of drug-likeness (QED) is 0.903. The smallest absolute Gasteiger partial charge is 0.154 e. The Hall–Kier alpha value is -1.62. The van der Waals surface area contributed by atoms with Crippen LogP contribution in [0.25, 0.3) is 11.4 Å². The van der Waals surface area contributed by atoms with Gasteiger partial charge in [0.25, 0.3) is 0 Å². The summed E-state index contributed by atoms with van der Waals surface area (Å²) in [6.45, 7) is 8.33. The van der Waals surface area contributed by atoms with Crippen molar-refractivity contribution in [2.24, 2.45) is 11.7 Å². The van der Waals surface area contributed by atoms with Crippen LogP contribution in [0, 0.1) is 5.92 Å². The molecule has 98 valence electrons. The first-order valence-corrected chi connectivity index (χ1v) is 6.25. The molecule has 2 aromatic heterocycles. The fraction of sp³-hybridized carbons (Fsp3) is 0.538. The summed E-state index contributed by atoms with van der Waals surface area (Å²) in [6, 6.07) is 2.11. The molecule has 0 aliphatic rings. The third kappa shape index (κ3) is 2.31. The van der Waals surface area contributed by atoms with E-state index in [1.165, 1.54) is 0 Å². The van der Waals surface area contributed by atoms with Crippen molar-refractivity contribution < 1.29 is 4.52 Å². The molecule has 0 saturated heterocycles.